The first kappa shape index (κ1) is 20.8. The van der Waals surface area contributed by atoms with Crippen LogP contribution in [-0.2, 0) is 0 Å². The molecule has 1 aliphatic heterocycles. The van der Waals surface area contributed by atoms with E-state index in [0.717, 1.165) is 4.34 Å². The quantitative estimate of drug-likeness (QED) is 0.235. The summed E-state index contributed by atoms with van der Waals surface area (Å²) in [6, 6.07) is 12.1. The van der Waals surface area contributed by atoms with Gasteiger partial charge in [0.15, 0.2) is 0 Å². The Kier molecular flexibility index (Phi) is 5.91. The van der Waals surface area contributed by atoms with Gasteiger partial charge < -0.3 is 17.0 Å². The lowest BCUT2D eigenvalue weighted by molar-refractivity contribution is -0.588. The van der Waals surface area contributed by atoms with Crippen LogP contribution in [0.5, 0.6) is 0 Å². The van der Waals surface area contributed by atoms with Crippen LogP contribution in [0, 0.1) is 20.2 Å². The van der Waals surface area contributed by atoms with Crippen molar-refractivity contribution in [2.24, 2.45) is 0 Å². The predicted molar refractivity (Wildman–Crippen MR) is 104 cm³/mol. The first-order chi connectivity index (χ1) is 13.4. The van der Waals surface area contributed by atoms with Crippen LogP contribution in [0.4, 0.5) is 11.4 Å². The number of hydrogen-bond donors (Lipinski definition) is 0. The highest BCUT2D eigenvalue weighted by atomic mass is 79.9. The molecule has 11 heteroatoms. The van der Waals surface area contributed by atoms with E-state index < -0.39 is 9.85 Å². The fourth-order valence-corrected chi connectivity index (χ4v) is 4.92. The average Bonchev–Trinajstić information content (AvgIpc) is 3.23. The Hall–Kier alpha value is -2.89. The van der Waals surface area contributed by atoms with Crippen molar-refractivity contribution in [1.82, 2.24) is 0 Å². The minimum Gasteiger partial charge on any atom is -1.00 e. The van der Waals surface area contributed by atoms with Gasteiger partial charge in [0, 0.05) is 41.6 Å². The number of carbonyl (C=O) groups is 1. The second-order valence-corrected chi connectivity index (χ2v) is 7.94. The third kappa shape index (κ3) is 3.97. The van der Waals surface area contributed by atoms with Gasteiger partial charge in [-0.25, -0.2) is 4.79 Å². The molecule has 3 aromatic rings. The van der Waals surface area contributed by atoms with E-state index in [0.29, 0.717) is 21.7 Å². The Labute approximate surface area is 182 Å². The number of halogens is 1. The normalized spacial score (nSPS) is 13.8. The Morgan fingerprint density at radius 2 is 1.66 bits per heavy atom. The third-order valence-corrected chi connectivity index (χ3v) is 6.19. The number of fused-ring (bicyclic) bond motifs is 1. The molecule has 2 aromatic carbocycles. The molecular formula is C18H10BrN3O5S2. The summed E-state index contributed by atoms with van der Waals surface area (Å²) in [6.45, 7) is 0. The highest BCUT2D eigenvalue weighted by molar-refractivity contribution is 8.05. The fraction of sp³-hybridized carbons (Fsp3) is 0. The van der Waals surface area contributed by atoms with Crippen molar-refractivity contribution in [2.45, 2.75) is 4.34 Å². The molecule has 1 aliphatic rings. The molecule has 0 unspecified atom stereocenters. The third-order valence-electron chi connectivity index (χ3n) is 4.06. The van der Waals surface area contributed by atoms with E-state index in [1.54, 1.807) is 34.9 Å². The highest BCUT2D eigenvalue weighted by Gasteiger charge is 2.40. The van der Waals surface area contributed by atoms with E-state index in [-0.39, 0.29) is 34.3 Å². The minimum atomic E-state index is -0.482. The van der Waals surface area contributed by atoms with Gasteiger partial charge in [-0.15, -0.1) is 4.57 Å². The second-order valence-electron chi connectivity index (χ2n) is 5.79. The lowest BCUT2D eigenvalue weighted by atomic mass is 10.1. The summed E-state index contributed by atoms with van der Waals surface area (Å²) in [5, 5.41) is 23.6. The van der Waals surface area contributed by atoms with Crippen LogP contribution in [0.25, 0.3) is 17.3 Å². The topological polar surface area (TPSA) is 107 Å². The Morgan fingerprint density at radius 3 is 2.31 bits per heavy atom. The maximum atomic E-state index is 12.9. The van der Waals surface area contributed by atoms with Crippen molar-refractivity contribution in [3.63, 3.8) is 0 Å². The first-order valence-electron chi connectivity index (χ1n) is 7.91. The zero-order chi connectivity index (χ0) is 19.8. The van der Waals surface area contributed by atoms with E-state index in [1.165, 1.54) is 47.4 Å². The van der Waals surface area contributed by atoms with Gasteiger partial charge in [0.1, 0.15) is 4.91 Å². The number of hydrogen-bond acceptors (Lipinski definition) is 7. The van der Waals surface area contributed by atoms with Crippen molar-refractivity contribution in [2.75, 3.05) is 0 Å². The lowest BCUT2D eigenvalue weighted by Crippen LogP contribution is -3.00. The number of nitrogens with zero attached hydrogens (tertiary/aromatic N) is 3. The molecule has 29 heavy (non-hydrogen) atoms. The van der Waals surface area contributed by atoms with E-state index in [2.05, 4.69) is 0 Å². The summed E-state index contributed by atoms with van der Waals surface area (Å²) >= 11 is 2.68. The molecule has 1 aromatic heterocycles. The zero-order valence-electron chi connectivity index (χ0n) is 14.4. The van der Waals surface area contributed by atoms with Crippen LogP contribution in [0.1, 0.15) is 10.4 Å². The summed E-state index contributed by atoms with van der Waals surface area (Å²) < 4.78 is 2.31. The van der Waals surface area contributed by atoms with Crippen molar-refractivity contribution in [3.8, 4) is 11.3 Å². The summed E-state index contributed by atoms with van der Waals surface area (Å²) in [4.78, 5) is 34.1. The molecule has 0 N–H and O–H groups in total. The predicted octanol–water partition coefficient (Wildman–Crippen LogP) is 1.31. The SMILES string of the molecule is O=C1C(=Cc2cccc([N+](=O)[O-])c2)Sc2scc(-c3ccc([N+](=O)[O-])cc3)[n+]21.[Br-]. The van der Waals surface area contributed by atoms with E-state index in [1.807, 2.05) is 5.38 Å². The van der Waals surface area contributed by atoms with Crippen molar-refractivity contribution in [3.05, 3.63) is 84.6 Å². The van der Waals surface area contributed by atoms with E-state index in [9.17, 15) is 25.0 Å². The molecular weight excluding hydrogens is 482 g/mol. The summed E-state index contributed by atoms with van der Waals surface area (Å²) in [7, 11) is 0. The van der Waals surface area contributed by atoms with E-state index in [4.69, 9.17) is 0 Å². The van der Waals surface area contributed by atoms with Crippen LogP contribution < -0.4 is 21.5 Å². The number of nitro benzene ring substituents is 2. The van der Waals surface area contributed by atoms with Crippen molar-refractivity contribution < 1.29 is 36.2 Å². The van der Waals surface area contributed by atoms with Crippen LogP contribution in [0.15, 0.2) is 63.2 Å². The number of non-ortho nitro benzene ring substituents is 2. The first-order valence-corrected chi connectivity index (χ1v) is 9.61. The number of carbonyl (C=O) groups excluding carboxylic acids is 1. The Morgan fingerprint density at radius 1 is 0.966 bits per heavy atom. The van der Waals surface area contributed by atoms with Gasteiger partial charge in [0.25, 0.3) is 11.4 Å². The summed E-state index contributed by atoms with van der Waals surface area (Å²) in [6.07, 6.45) is 1.62. The number of aromatic nitrogens is 1. The Bertz CT molecular complexity index is 1170. The van der Waals surface area contributed by atoms with Crippen molar-refractivity contribution in [1.29, 1.82) is 0 Å². The smallest absolute Gasteiger partial charge is 0.433 e. The molecule has 0 saturated heterocycles. The highest BCUT2D eigenvalue weighted by Crippen LogP contribution is 2.38. The maximum absolute atomic E-state index is 12.9. The molecule has 0 fully saturated rings. The van der Waals surface area contributed by atoms with Crippen LogP contribution >= 0.6 is 23.1 Å². The molecule has 0 saturated carbocycles. The number of rotatable bonds is 4. The number of allylic oxidation sites excluding steroid dienone is 1. The number of thiazole rings is 1. The largest absolute Gasteiger partial charge is 1.00 e. The molecule has 0 atom stereocenters. The number of thioether (sulfide) groups is 1. The summed E-state index contributed by atoms with van der Waals surface area (Å²) in [5.74, 6) is -0.235. The van der Waals surface area contributed by atoms with Gasteiger partial charge >= 0.3 is 10.2 Å². The number of nitro groups is 2. The average molecular weight is 492 g/mol. The van der Waals surface area contributed by atoms with Crippen molar-refractivity contribution >= 4 is 46.5 Å². The molecule has 2 heterocycles. The van der Waals surface area contributed by atoms with Crippen LogP contribution in [-0.4, -0.2) is 15.8 Å². The molecule has 0 radical (unpaired) electrons. The molecule has 8 nitrogen and oxygen atoms in total. The van der Waals surface area contributed by atoms with E-state index >= 15 is 0 Å². The van der Waals surface area contributed by atoms with Gasteiger partial charge in [0.05, 0.1) is 15.2 Å². The number of benzene rings is 2. The van der Waals surface area contributed by atoms with Gasteiger partial charge in [-0.05, 0) is 23.8 Å². The summed E-state index contributed by atoms with van der Waals surface area (Å²) in [5.41, 5.74) is 1.84. The van der Waals surface area contributed by atoms with Crippen LogP contribution in [0.3, 0.4) is 0 Å². The Balaban J connectivity index is 0.00000240. The second kappa shape index (κ2) is 8.23. The molecule has 4 rings (SSSR count). The lowest BCUT2D eigenvalue weighted by Gasteiger charge is -1.96. The van der Waals surface area contributed by atoms with Crippen LogP contribution in [0.2, 0.25) is 0 Å². The molecule has 0 amide bonds. The zero-order valence-corrected chi connectivity index (χ0v) is 17.6. The molecule has 0 bridgehead atoms. The molecule has 146 valence electrons. The molecule has 0 spiro atoms. The van der Waals surface area contributed by atoms with Gasteiger partial charge in [0.2, 0.25) is 5.69 Å². The van der Waals surface area contributed by atoms with Gasteiger partial charge in [-0.1, -0.05) is 23.5 Å². The standard InChI is InChI=1S/C18H10N3O5S2.BrH/c22-17-16(9-11-2-1-3-14(8-11)21(25)26)28-18-19(17)15(10-27-18)12-4-6-13(7-5-12)20(23)24;/h1-10H;1H/q+1;/p-1. The van der Waals surface area contributed by atoms with Gasteiger partial charge in [-0.3, -0.25) is 20.2 Å². The molecule has 0 aliphatic carbocycles. The monoisotopic (exact) mass is 491 g/mol. The van der Waals surface area contributed by atoms with Gasteiger partial charge in [-0.2, -0.15) is 0 Å². The minimum absolute atomic E-state index is 0. The fourth-order valence-electron chi connectivity index (χ4n) is 2.74. The maximum Gasteiger partial charge on any atom is 0.433 e.